The number of hydrogen-bond acceptors (Lipinski definition) is 2. The van der Waals surface area contributed by atoms with Gasteiger partial charge in [0.1, 0.15) is 0 Å². The van der Waals surface area contributed by atoms with Gasteiger partial charge in [0.2, 0.25) is 0 Å². The Balaban J connectivity index is 2.16. The Morgan fingerprint density at radius 3 is 1.88 bits per heavy atom. The van der Waals surface area contributed by atoms with Gasteiger partial charge in [-0.25, -0.2) is 0 Å². The molecule has 0 bridgehead atoms. The molecule has 2 aliphatic rings. The van der Waals surface area contributed by atoms with Crippen LogP contribution < -0.4 is 0 Å². The molecule has 2 aromatic rings. The second-order valence-corrected chi connectivity index (χ2v) is 6.27. The largest absolute Gasteiger partial charge is 0.123 e. The highest BCUT2D eigenvalue weighted by Gasteiger charge is 2.26. The minimum Gasteiger partial charge on any atom is -0.123 e. The normalized spacial score (nSPS) is 18.0. The van der Waals surface area contributed by atoms with Gasteiger partial charge in [-0.05, 0) is 21.9 Å². The van der Waals surface area contributed by atoms with E-state index in [-0.39, 0.29) is 0 Å². The van der Waals surface area contributed by atoms with E-state index in [0.717, 1.165) is 0 Å². The van der Waals surface area contributed by atoms with Crippen LogP contribution in [0.25, 0.3) is 20.6 Å². The van der Waals surface area contributed by atoms with E-state index in [9.17, 15) is 0 Å². The Bertz CT molecular complexity index is 575. The summed E-state index contributed by atoms with van der Waals surface area (Å²) in [6.07, 6.45) is 0. The van der Waals surface area contributed by atoms with Gasteiger partial charge in [0.15, 0.2) is 0 Å². The topological polar surface area (TPSA) is 0 Å². The first-order valence-electron chi connectivity index (χ1n) is 5.47. The first kappa shape index (κ1) is 9.20. The van der Waals surface area contributed by atoms with E-state index in [1.807, 2.05) is 23.5 Å². The maximum absolute atomic E-state index is 2.27. The Hall–Kier alpha value is -0.860. The molecule has 2 heteroatoms. The highest BCUT2D eigenvalue weighted by molar-refractivity contribution is 8.16. The Kier molecular flexibility index (Phi) is 1.91. The van der Waals surface area contributed by atoms with Crippen molar-refractivity contribution < 1.29 is 0 Å². The van der Waals surface area contributed by atoms with Crippen LogP contribution in [0.5, 0.6) is 0 Å². The number of fused-ring (bicyclic) bond motifs is 2. The summed E-state index contributed by atoms with van der Waals surface area (Å²) in [5.41, 5.74) is 2.92. The number of hydrogen-bond donors (Lipinski definition) is 0. The molecule has 0 fully saturated rings. The predicted molar refractivity (Wildman–Crippen MR) is 75.7 cm³/mol. The van der Waals surface area contributed by atoms with Crippen LogP contribution in [0.2, 0.25) is 0 Å². The molecule has 16 heavy (non-hydrogen) atoms. The molecule has 0 spiro atoms. The van der Waals surface area contributed by atoms with E-state index in [1.165, 1.54) is 43.2 Å². The van der Waals surface area contributed by atoms with E-state index in [2.05, 4.69) is 36.4 Å². The second kappa shape index (κ2) is 3.31. The summed E-state index contributed by atoms with van der Waals surface area (Å²) in [6.45, 7) is 0. The van der Waals surface area contributed by atoms with E-state index in [0.29, 0.717) is 0 Å². The number of rotatable bonds is 0. The molecule has 0 aromatic heterocycles. The zero-order valence-corrected chi connectivity index (χ0v) is 10.3. The fourth-order valence-electron chi connectivity index (χ4n) is 2.54. The van der Waals surface area contributed by atoms with Gasteiger partial charge in [0.25, 0.3) is 0 Å². The molecule has 0 amide bonds. The molecule has 1 aliphatic carbocycles. The molecule has 0 unspecified atom stereocenters. The van der Waals surface area contributed by atoms with Crippen molar-refractivity contribution in [2.75, 3.05) is 11.5 Å². The quantitative estimate of drug-likeness (QED) is 0.669. The molecule has 0 atom stereocenters. The van der Waals surface area contributed by atoms with Crippen molar-refractivity contribution in [2.24, 2.45) is 0 Å². The minimum atomic E-state index is 1.24. The summed E-state index contributed by atoms with van der Waals surface area (Å²) in [6, 6.07) is 13.3. The van der Waals surface area contributed by atoms with Crippen molar-refractivity contribution in [1.82, 2.24) is 0 Å². The van der Waals surface area contributed by atoms with Crippen LogP contribution >= 0.6 is 23.5 Å². The van der Waals surface area contributed by atoms with Crippen LogP contribution in [0.4, 0.5) is 0 Å². The van der Waals surface area contributed by atoms with E-state index in [4.69, 9.17) is 0 Å². The molecule has 1 aliphatic heterocycles. The van der Waals surface area contributed by atoms with Crippen LogP contribution in [-0.4, -0.2) is 11.5 Å². The van der Waals surface area contributed by atoms with Gasteiger partial charge in [-0.15, -0.1) is 23.5 Å². The van der Waals surface area contributed by atoms with Gasteiger partial charge in [-0.3, -0.25) is 0 Å². The molecular weight excluding hydrogens is 232 g/mol. The zero-order valence-electron chi connectivity index (χ0n) is 8.69. The van der Waals surface area contributed by atoms with Crippen molar-refractivity contribution >= 4 is 44.1 Å². The van der Waals surface area contributed by atoms with Gasteiger partial charge >= 0.3 is 0 Å². The molecule has 2 aromatic carbocycles. The number of thioether (sulfide) groups is 2. The lowest BCUT2D eigenvalue weighted by Crippen LogP contribution is -1.91. The third-order valence-corrected chi connectivity index (χ3v) is 5.81. The maximum Gasteiger partial charge on any atom is 0.0293 e. The highest BCUT2D eigenvalue weighted by atomic mass is 32.2. The molecule has 0 saturated carbocycles. The van der Waals surface area contributed by atoms with Crippen LogP contribution in [-0.2, 0) is 0 Å². The lowest BCUT2D eigenvalue weighted by molar-refractivity contribution is 1.56. The molecule has 1 heterocycles. The summed E-state index contributed by atoms with van der Waals surface area (Å²) in [5.74, 6) is 2.49. The van der Waals surface area contributed by atoms with E-state index < -0.39 is 0 Å². The van der Waals surface area contributed by atoms with Crippen LogP contribution in [0.1, 0.15) is 11.1 Å². The Labute approximate surface area is 103 Å². The van der Waals surface area contributed by atoms with Gasteiger partial charge in [0, 0.05) is 21.3 Å². The third-order valence-electron chi connectivity index (χ3n) is 3.18. The van der Waals surface area contributed by atoms with Gasteiger partial charge in [0.05, 0.1) is 0 Å². The van der Waals surface area contributed by atoms with Crippen molar-refractivity contribution in [3.8, 4) is 0 Å². The summed E-state index contributed by atoms with van der Waals surface area (Å²) in [4.78, 5) is 3.03. The highest BCUT2D eigenvalue weighted by Crippen LogP contribution is 2.53. The van der Waals surface area contributed by atoms with Crippen LogP contribution in [0.15, 0.2) is 36.4 Å². The summed E-state index contributed by atoms with van der Waals surface area (Å²) in [5, 5.41) is 2.85. The van der Waals surface area contributed by atoms with Crippen molar-refractivity contribution in [3.05, 3.63) is 47.5 Å². The predicted octanol–water partition coefficient (Wildman–Crippen LogP) is 4.46. The van der Waals surface area contributed by atoms with Gasteiger partial charge < -0.3 is 0 Å². The summed E-state index contributed by atoms with van der Waals surface area (Å²) >= 11 is 4.04. The summed E-state index contributed by atoms with van der Waals surface area (Å²) < 4.78 is 0. The molecule has 78 valence electrons. The Morgan fingerprint density at radius 1 is 0.750 bits per heavy atom. The van der Waals surface area contributed by atoms with E-state index >= 15 is 0 Å². The van der Waals surface area contributed by atoms with Gasteiger partial charge in [-0.2, -0.15) is 0 Å². The minimum absolute atomic E-state index is 1.24. The van der Waals surface area contributed by atoms with E-state index in [1.54, 1.807) is 0 Å². The molecule has 0 nitrogen and oxygen atoms in total. The monoisotopic (exact) mass is 242 g/mol. The average Bonchev–Trinajstić information content (AvgIpc) is 2.68. The fourth-order valence-corrected chi connectivity index (χ4v) is 5.10. The Morgan fingerprint density at radius 2 is 1.31 bits per heavy atom. The average molecular weight is 242 g/mol. The SMILES string of the molecule is c1cc2c3c(cccc3c1)C1=C2SCCS1. The van der Waals surface area contributed by atoms with Crippen molar-refractivity contribution in [2.45, 2.75) is 0 Å². The molecule has 0 N–H and O–H groups in total. The molecule has 0 saturated heterocycles. The molecule has 4 rings (SSSR count). The second-order valence-electron chi connectivity index (χ2n) is 4.06. The standard InChI is InChI=1S/C14H10S2/c1-3-9-4-2-6-11-12(9)10(5-1)13-14(11)16-8-7-15-13/h1-6H,7-8H2. The third kappa shape index (κ3) is 1.09. The zero-order chi connectivity index (χ0) is 10.5. The van der Waals surface area contributed by atoms with Crippen LogP contribution in [0, 0.1) is 0 Å². The first-order chi connectivity index (χ1) is 7.95. The van der Waals surface area contributed by atoms with Crippen molar-refractivity contribution in [3.63, 3.8) is 0 Å². The fraction of sp³-hybridized carbons (Fsp3) is 0.143. The smallest absolute Gasteiger partial charge is 0.0293 e. The summed E-state index contributed by atoms with van der Waals surface area (Å²) in [7, 11) is 0. The maximum atomic E-state index is 2.27. The lowest BCUT2D eigenvalue weighted by atomic mass is 10.0. The molecule has 0 radical (unpaired) electrons. The first-order valence-corrected chi connectivity index (χ1v) is 7.44. The van der Waals surface area contributed by atoms with Crippen molar-refractivity contribution in [1.29, 1.82) is 0 Å². The lowest BCUT2D eigenvalue weighted by Gasteiger charge is -2.13. The van der Waals surface area contributed by atoms with Crippen LogP contribution in [0.3, 0.4) is 0 Å². The van der Waals surface area contributed by atoms with Gasteiger partial charge in [-0.1, -0.05) is 36.4 Å². The molecular formula is C14H10S2. The number of benzene rings is 2.